The molecular weight excluding hydrogens is 762 g/mol. The predicted molar refractivity (Wildman–Crippen MR) is 189 cm³/mol. The van der Waals surface area contributed by atoms with Crippen molar-refractivity contribution in [2.45, 2.75) is 153 Å². The highest BCUT2D eigenvalue weighted by atomic mass is 32.2. The van der Waals surface area contributed by atoms with E-state index < -0.39 is 63.2 Å². The van der Waals surface area contributed by atoms with Crippen LogP contribution >= 0.6 is 11.8 Å². The SMILES string of the molecule is CC(C)(C)OC(=O)C[C@H]1C[C@@H](COS(=O)(=O)C(F)(F)F)OC(C)(C)O1.CC(C)(C)OC(=O)C[C@H]1C[C@@H](CSc2nnnn2-c2ccccc2)OC(C)(C)O1. The fraction of sp³-hybridized carbons (Fsp3) is 0.735. The topological polar surface area (TPSA) is 176 Å². The summed E-state index contributed by atoms with van der Waals surface area (Å²) in [6.07, 6.45) is -1.42. The van der Waals surface area contributed by atoms with E-state index in [1.807, 2.05) is 65.0 Å². The molecule has 306 valence electrons. The highest BCUT2D eigenvalue weighted by Crippen LogP contribution is 2.33. The van der Waals surface area contributed by atoms with Crippen molar-refractivity contribution in [2.24, 2.45) is 0 Å². The summed E-state index contributed by atoms with van der Waals surface area (Å²) in [7, 11) is -5.71. The van der Waals surface area contributed by atoms with Crippen LogP contribution in [-0.4, -0.2) is 106 Å². The fourth-order valence-corrected chi connectivity index (χ4v) is 6.79. The second-order valence-electron chi connectivity index (χ2n) is 15.5. The number of hydrogen-bond acceptors (Lipinski definition) is 15. The van der Waals surface area contributed by atoms with Crippen LogP contribution in [0, 0.1) is 0 Å². The molecule has 54 heavy (non-hydrogen) atoms. The van der Waals surface area contributed by atoms with E-state index in [4.69, 9.17) is 28.4 Å². The third-order valence-electron chi connectivity index (χ3n) is 7.01. The predicted octanol–water partition coefficient (Wildman–Crippen LogP) is 5.89. The summed E-state index contributed by atoms with van der Waals surface area (Å²) in [5.74, 6) is -2.16. The van der Waals surface area contributed by atoms with E-state index in [-0.39, 0.29) is 37.4 Å². The summed E-state index contributed by atoms with van der Waals surface area (Å²) < 4.78 is 98.1. The van der Waals surface area contributed by atoms with Crippen LogP contribution in [0.5, 0.6) is 0 Å². The zero-order valence-electron chi connectivity index (χ0n) is 32.2. The van der Waals surface area contributed by atoms with E-state index in [0.717, 1.165) is 5.69 Å². The van der Waals surface area contributed by atoms with Gasteiger partial charge in [0, 0.05) is 18.6 Å². The van der Waals surface area contributed by atoms with Crippen LogP contribution in [0.25, 0.3) is 5.69 Å². The molecule has 20 heteroatoms. The molecule has 4 atom stereocenters. The molecule has 0 spiro atoms. The lowest BCUT2D eigenvalue weighted by Crippen LogP contribution is -2.47. The summed E-state index contributed by atoms with van der Waals surface area (Å²) in [4.78, 5) is 24.1. The monoisotopic (exact) mass is 812 g/mol. The molecule has 0 bridgehead atoms. The van der Waals surface area contributed by atoms with Crippen molar-refractivity contribution in [1.29, 1.82) is 0 Å². The van der Waals surface area contributed by atoms with Crippen LogP contribution in [0.1, 0.15) is 94.9 Å². The zero-order valence-corrected chi connectivity index (χ0v) is 33.8. The van der Waals surface area contributed by atoms with Crippen molar-refractivity contribution in [3.63, 3.8) is 0 Å². The average Bonchev–Trinajstić information content (AvgIpc) is 3.44. The van der Waals surface area contributed by atoms with E-state index >= 15 is 0 Å². The number of nitrogens with zero attached hydrogens (tertiary/aromatic N) is 4. The highest BCUT2D eigenvalue weighted by Gasteiger charge is 2.48. The molecule has 2 aliphatic heterocycles. The zero-order chi connectivity index (χ0) is 40.8. The number of alkyl halides is 3. The van der Waals surface area contributed by atoms with Gasteiger partial charge in [-0.05, 0) is 91.8 Å². The first-order valence-corrected chi connectivity index (χ1v) is 19.6. The summed E-state index contributed by atoms with van der Waals surface area (Å²) in [6, 6.07) is 9.73. The Kier molecular flexibility index (Phi) is 15.1. The lowest BCUT2D eigenvalue weighted by atomic mass is 10.1. The van der Waals surface area contributed by atoms with Gasteiger partial charge in [0.15, 0.2) is 11.6 Å². The maximum absolute atomic E-state index is 12.3. The summed E-state index contributed by atoms with van der Waals surface area (Å²) in [5, 5.41) is 12.7. The van der Waals surface area contributed by atoms with E-state index in [1.54, 1.807) is 25.5 Å². The van der Waals surface area contributed by atoms with Gasteiger partial charge in [-0.1, -0.05) is 30.0 Å². The van der Waals surface area contributed by atoms with Crippen LogP contribution < -0.4 is 0 Å². The molecular formula is C34H51F3N4O11S2. The maximum Gasteiger partial charge on any atom is 0.523 e. The van der Waals surface area contributed by atoms with Gasteiger partial charge >= 0.3 is 27.6 Å². The molecule has 2 aromatic rings. The number of thioether (sulfide) groups is 1. The molecule has 3 heterocycles. The number of carbonyl (C=O) groups excluding carboxylic acids is 2. The minimum atomic E-state index is -5.71. The van der Waals surface area contributed by atoms with Crippen LogP contribution in [0.3, 0.4) is 0 Å². The number of esters is 2. The normalized spacial score (nSPS) is 23.1. The van der Waals surface area contributed by atoms with Gasteiger partial charge in [0.05, 0.1) is 49.6 Å². The Morgan fingerprint density at radius 3 is 1.76 bits per heavy atom. The van der Waals surface area contributed by atoms with Gasteiger partial charge in [0.2, 0.25) is 5.16 Å². The third-order valence-corrected chi connectivity index (χ3v) is 9.08. The quantitative estimate of drug-likeness (QED) is 0.114. The van der Waals surface area contributed by atoms with E-state index in [1.165, 1.54) is 25.6 Å². The minimum Gasteiger partial charge on any atom is -0.460 e. The van der Waals surface area contributed by atoms with Gasteiger partial charge in [0.25, 0.3) is 0 Å². The van der Waals surface area contributed by atoms with Crippen molar-refractivity contribution >= 4 is 33.8 Å². The molecule has 4 rings (SSSR count). The number of tetrazole rings is 1. The van der Waals surface area contributed by atoms with Gasteiger partial charge in [-0.15, -0.1) is 5.10 Å². The standard InChI is InChI=1S/C20H28N4O4S.C14H23F3O7S/c1-19(2,3)28-17(25)12-15-11-16(27-20(4,5)26-15)13-29-18-21-22-23-24(18)14-9-7-6-8-10-14;1-12(2,3)24-11(18)7-9-6-10(23-13(4,5)22-9)8-21-25(19,20)14(15,16)17/h6-10,15-16H,11-13H2,1-5H3;9-10H,6-8H2,1-5H3/t15-,16+;9-,10+/m11/s1. The van der Waals surface area contributed by atoms with E-state index in [2.05, 4.69) is 19.7 Å². The number of benzene rings is 1. The number of carbonyl (C=O) groups is 2. The largest absolute Gasteiger partial charge is 0.523 e. The minimum absolute atomic E-state index is 0.0178. The Bertz CT molecular complexity index is 1640. The maximum atomic E-state index is 12.3. The second-order valence-corrected chi connectivity index (χ2v) is 18.1. The molecule has 0 saturated carbocycles. The molecule has 0 radical (unpaired) electrons. The first-order chi connectivity index (χ1) is 24.6. The van der Waals surface area contributed by atoms with Gasteiger partial charge in [0.1, 0.15) is 11.2 Å². The van der Waals surface area contributed by atoms with Gasteiger partial charge in [-0.2, -0.15) is 26.3 Å². The van der Waals surface area contributed by atoms with Crippen LogP contribution in [0.15, 0.2) is 35.5 Å². The lowest BCUT2D eigenvalue weighted by Gasteiger charge is -2.40. The van der Waals surface area contributed by atoms with Crippen molar-refractivity contribution in [3.8, 4) is 5.69 Å². The summed E-state index contributed by atoms with van der Waals surface area (Å²) in [5.41, 5.74) is -5.82. The molecule has 0 N–H and O–H groups in total. The lowest BCUT2D eigenvalue weighted by molar-refractivity contribution is -0.303. The summed E-state index contributed by atoms with van der Waals surface area (Å²) >= 11 is 1.52. The Hall–Kier alpha value is -2.88. The highest BCUT2D eigenvalue weighted by molar-refractivity contribution is 7.99. The molecule has 0 unspecified atom stereocenters. The smallest absolute Gasteiger partial charge is 0.460 e. The molecule has 15 nitrogen and oxygen atoms in total. The number of ether oxygens (including phenoxy) is 6. The van der Waals surface area contributed by atoms with Gasteiger partial charge in [-0.25, -0.2) is 0 Å². The second kappa shape index (κ2) is 17.9. The fourth-order valence-electron chi connectivity index (χ4n) is 5.43. The first kappa shape index (κ1) is 45.5. The van der Waals surface area contributed by atoms with Gasteiger partial charge in [-0.3, -0.25) is 13.8 Å². The van der Waals surface area contributed by atoms with Crippen molar-refractivity contribution in [3.05, 3.63) is 30.3 Å². The van der Waals surface area contributed by atoms with E-state index in [0.29, 0.717) is 17.3 Å². The summed E-state index contributed by atoms with van der Waals surface area (Å²) in [6.45, 7) is 16.5. The number of halogens is 3. The number of rotatable bonds is 11. The van der Waals surface area contributed by atoms with Crippen LogP contribution in [0.2, 0.25) is 0 Å². The Morgan fingerprint density at radius 2 is 1.28 bits per heavy atom. The Balaban J connectivity index is 0.000000294. The van der Waals surface area contributed by atoms with Gasteiger partial charge < -0.3 is 28.4 Å². The Morgan fingerprint density at radius 1 is 0.815 bits per heavy atom. The third kappa shape index (κ3) is 15.7. The molecule has 0 aliphatic carbocycles. The number of para-hydroxylation sites is 1. The number of hydrogen-bond donors (Lipinski definition) is 0. The Labute approximate surface area is 318 Å². The first-order valence-electron chi connectivity index (χ1n) is 17.2. The molecule has 0 amide bonds. The average molecular weight is 813 g/mol. The van der Waals surface area contributed by atoms with Crippen molar-refractivity contribution in [1.82, 2.24) is 20.2 Å². The van der Waals surface area contributed by atoms with Crippen molar-refractivity contribution < 1.29 is 63.8 Å². The molecule has 1 aromatic heterocycles. The van der Waals surface area contributed by atoms with Crippen molar-refractivity contribution in [2.75, 3.05) is 12.4 Å². The molecule has 2 saturated heterocycles. The molecule has 2 fully saturated rings. The van der Waals surface area contributed by atoms with E-state index in [9.17, 15) is 31.2 Å². The molecule has 1 aromatic carbocycles. The van der Waals surface area contributed by atoms with Crippen LogP contribution in [0.4, 0.5) is 13.2 Å². The van der Waals surface area contributed by atoms with Crippen LogP contribution in [-0.2, 0) is 52.3 Å². The molecule has 2 aliphatic rings. The number of aromatic nitrogens is 4.